The van der Waals surface area contributed by atoms with Crippen molar-refractivity contribution in [2.45, 2.75) is 18.1 Å². The van der Waals surface area contributed by atoms with E-state index in [2.05, 4.69) is 36.4 Å². The van der Waals surface area contributed by atoms with E-state index in [-0.39, 0.29) is 5.52 Å². The number of nitrogens with zero attached hydrogens (tertiary/aromatic N) is 5. The van der Waals surface area contributed by atoms with Gasteiger partial charge in [0.25, 0.3) is 0 Å². The summed E-state index contributed by atoms with van der Waals surface area (Å²) in [6.07, 6.45) is 0.998. The number of benzene rings is 2. The Morgan fingerprint density at radius 2 is 1.93 bits per heavy atom. The van der Waals surface area contributed by atoms with E-state index in [0.717, 1.165) is 23.1 Å². The van der Waals surface area contributed by atoms with Crippen LogP contribution in [-0.4, -0.2) is 30.3 Å². The summed E-state index contributed by atoms with van der Waals surface area (Å²) in [4.78, 5) is 3.93. The second kappa shape index (κ2) is 7.11. The van der Waals surface area contributed by atoms with Crippen LogP contribution >= 0.6 is 27.3 Å². The van der Waals surface area contributed by atoms with Gasteiger partial charge in [0, 0.05) is 16.1 Å². The lowest BCUT2D eigenvalue weighted by molar-refractivity contribution is -0.205. The van der Waals surface area contributed by atoms with E-state index in [0.29, 0.717) is 26.6 Å². The Balaban J connectivity index is 1.90. The molecule has 1 N–H and O–H groups in total. The van der Waals surface area contributed by atoms with Crippen LogP contribution in [0.3, 0.4) is 0 Å². The van der Waals surface area contributed by atoms with Crippen LogP contribution in [0.5, 0.6) is 0 Å². The van der Waals surface area contributed by atoms with Crippen molar-refractivity contribution >= 4 is 37.5 Å². The van der Waals surface area contributed by atoms with Gasteiger partial charge in [-0.2, -0.15) is 8.78 Å². The smallest absolute Gasteiger partial charge is 0.332 e. The lowest BCUT2D eigenvalue weighted by atomic mass is 9.86. The van der Waals surface area contributed by atoms with E-state index in [1.807, 2.05) is 0 Å². The molecule has 2 aromatic carbocycles. The Hall–Kier alpha value is -2.44. The van der Waals surface area contributed by atoms with Gasteiger partial charge in [-0.05, 0) is 40.8 Å². The predicted octanol–water partition coefficient (Wildman–Crippen LogP) is 4.00. The zero-order valence-electron chi connectivity index (χ0n) is 14.2. The van der Waals surface area contributed by atoms with Crippen molar-refractivity contribution < 1.29 is 22.7 Å². The summed E-state index contributed by atoms with van der Waals surface area (Å²) in [5.41, 5.74) is -3.67. The van der Waals surface area contributed by atoms with Crippen molar-refractivity contribution in [3.8, 4) is 0 Å². The SMILES string of the molecule is OC(Cn1cnnn1)(c1ccc(F)cc1F)C(F)(F)c1nc2cc(Br)ccc2s1. The standard InChI is InChI=1S/C17H10BrF4N5OS/c18-9-1-4-14-13(5-9)24-15(29-14)17(21,22)16(28,7-27-8-23-25-26-27)11-3-2-10(19)6-12(11)20/h1-6,8,28H,7H2. The molecule has 0 spiro atoms. The topological polar surface area (TPSA) is 76.7 Å². The van der Waals surface area contributed by atoms with Gasteiger partial charge in [0.15, 0.2) is 10.6 Å². The summed E-state index contributed by atoms with van der Waals surface area (Å²) in [6, 6.07) is 6.78. The number of halogens is 5. The molecule has 4 rings (SSSR count). The average molecular weight is 488 g/mol. The molecule has 0 amide bonds. The van der Waals surface area contributed by atoms with Gasteiger partial charge in [-0.25, -0.2) is 18.4 Å². The highest BCUT2D eigenvalue weighted by Gasteiger charge is 2.59. The number of hydrogen-bond donors (Lipinski definition) is 1. The highest BCUT2D eigenvalue weighted by Crippen LogP contribution is 2.49. The molecule has 2 heterocycles. The van der Waals surface area contributed by atoms with Gasteiger partial charge >= 0.3 is 5.92 Å². The van der Waals surface area contributed by atoms with Crippen molar-refractivity contribution in [1.82, 2.24) is 25.2 Å². The molecule has 6 nitrogen and oxygen atoms in total. The Bertz CT molecular complexity index is 1190. The minimum Gasteiger partial charge on any atom is -0.377 e. The number of hydrogen-bond acceptors (Lipinski definition) is 6. The van der Waals surface area contributed by atoms with Crippen LogP contribution in [0, 0.1) is 11.6 Å². The monoisotopic (exact) mass is 487 g/mol. The van der Waals surface area contributed by atoms with Crippen LogP contribution in [-0.2, 0) is 18.1 Å². The van der Waals surface area contributed by atoms with Crippen LogP contribution in [0.1, 0.15) is 10.6 Å². The summed E-state index contributed by atoms with van der Waals surface area (Å²) >= 11 is 3.90. The Morgan fingerprint density at radius 1 is 1.14 bits per heavy atom. The third kappa shape index (κ3) is 3.40. The molecule has 0 saturated heterocycles. The Kier molecular flexibility index (Phi) is 4.87. The first-order valence-electron chi connectivity index (χ1n) is 8.04. The van der Waals surface area contributed by atoms with Crippen LogP contribution in [0.2, 0.25) is 0 Å². The van der Waals surface area contributed by atoms with Gasteiger partial charge in [0.1, 0.15) is 18.0 Å². The minimum atomic E-state index is -4.06. The second-order valence-corrected chi connectivity index (χ2v) is 8.14. The molecular weight excluding hydrogens is 478 g/mol. The molecule has 2 aromatic heterocycles. The fourth-order valence-corrected chi connectivity index (χ4v) is 4.22. The molecule has 1 atom stereocenters. The fraction of sp³-hybridized carbons (Fsp3) is 0.176. The van der Waals surface area contributed by atoms with E-state index in [1.165, 1.54) is 0 Å². The quantitative estimate of drug-likeness (QED) is 0.430. The number of thiazole rings is 1. The summed E-state index contributed by atoms with van der Waals surface area (Å²) in [5.74, 6) is -6.36. The highest BCUT2D eigenvalue weighted by molar-refractivity contribution is 9.10. The molecule has 1 unspecified atom stereocenters. The summed E-state index contributed by atoms with van der Waals surface area (Å²) in [7, 11) is 0. The Morgan fingerprint density at radius 3 is 2.62 bits per heavy atom. The molecule has 0 aliphatic heterocycles. The summed E-state index contributed by atoms with van der Waals surface area (Å²) in [5, 5.41) is 20.5. The molecule has 4 aromatic rings. The lowest BCUT2D eigenvalue weighted by Crippen LogP contribution is -2.47. The van der Waals surface area contributed by atoms with Gasteiger partial charge in [-0.3, -0.25) is 0 Å². The van der Waals surface area contributed by atoms with Gasteiger partial charge < -0.3 is 5.11 Å². The number of alkyl halides is 2. The molecule has 0 aliphatic rings. The second-order valence-electron chi connectivity index (χ2n) is 6.20. The maximum absolute atomic E-state index is 15.6. The van der Waals surface area contributed by atoms with Crippen LogP contribution in [0.15, 0.2) is 47.2 Å². The molecule has 150 valence electrons. The number of aromatic nitrogens is 5. The number of fused-ring (bicyclic) bond motifs is 1. The first-order chi connectivity index (χ1) is 13.7. The van der Waals surface area contributed by atoms with Crippen molar-refractivity contribution in [2.24, 2.45) is 0 Å². The molecule has 0 fully saturated rings. The molecule has 0 bridgehead atoms. The van der Waals surface area contributed by atoms with Gasteiger partial charge in [0.05, 0.1) is 16.8 Å². The number of rotatable bonds is 5. The van der Waals surface area contributed by atoms with Gasteiger partial charge in [0.2, 0.25) is 0 Å². The minimum absolute atomic E-state index is 0.281. The lowest BCUT2D eigenvalue weighted by Gasteiger charge is -2.34. The van der Waals surface area contributed by atoms with Crippen molar-refractivity contribution in [3.05, 3.63) is 69.4 Å². The molecular formula is C17H10BrF4N5OS. The largest absolute Gasteiger partial charge is 0.377 e. The predicted molar refractivity (Wildman–Crippen MR) is 99.3 cm³/mol. The van der Waals surface area contributed by atoms with Crippen LogP contribution in [0.4, 0.5) is 17.6 Å². The highest BCUT2D eigenvalue weighted by atomic mass is 79.9. The summed E-state index contributed by atoms with van der Waals surface area (Å²) < 4.78 is 61.0. The third-order valence-corrected chi connectivity index (χ3v) is 5.90. The first-order valence-corrected chi connectivity index (χ1v) is 9.65. The molecule has 0 radical (unpaired) electrons. The number of aliphatic hydroxyl groups is 1. The zero-order valence-corrected chi connectivity index (χ0v) is 16.6. The molecule has 0 saturated carbocycles. The molecule has 0 aliphatic carbocycles. The van der Waals surface area contributed by atoms with Crippen molar-refractivity contribution in [3.63, 3.8) is 0 Å². The molecule has 12 heteroatoms. The maximum atomic E-state index is 15.6. The Labute approximate surface area is 172 Å². The first kappa shape index (κ1) is 19.9. The van der Waals surface area contributed by atoms with E-state index in [1.54, 1.807) is 18.2 Å². The third-order valence-electron chi connectivity index (χ3n) is 4.30. The van der Waals surface area contributed by atoms with E-state index >= 15 is 8.78 Å². The molecule has 29 heavy (non-hydrogen) atoms. The number of tetrazole rings is 1. The summed E-state index contributed by atoms with van der Waals surface area (Å²) in [6.45, 7) is -0.894. The van der Waals surface area contributed by atoms with Crippen molar-refractivity contribution in [2.75, 3.05) is 0 Å². The van der Waals surface area contributed by atoms with E-state index < -0.39 is 40.3 Å². The average Bonchev–Trinajstić information content (AvgIpc) is 3.30. The zero-order chi connectivity index (χ0) is 20.8. The van der Waals surface area contributed by atoms with Crippen molar-refractivity contribution in [1.29, 1.82) is 0 Å². The maximum Gasteiger partial charge on any atom is 0.332 e. The fourth-order valence-electron chi connectivity index (χ4n) is 2.88. The van der Waals surface area contributed by atoms with E-state index in [4.69, 9.17) is 0 Å². The van der Waals surface area contributed by atoms with Gasteiger partial charge in [-0.1, -0.05) is 15.9 Å². The van der Waals surface area contributed by atoms with Crippen LogP contribution < -0.4 is 0 Å². The normalized spacial score (nSPS) is 14.3. The van der Waals surface area contributed by atoms with E-state index in [9.17, 15) is 13.9 Å². The van der Waals surface area contributed by atoms with Gasteiger partial charge in [-0.15, -0.1) is 16.4 Å². The van der Waals surface area contributed by atoms with Crippen LogP contribution in [0.25, 0.3) is 10.2 Å².